The van der Waals surface area contributed by atoms with E-state index in [-0.39, 0.29) is 0 Å². The molecule has 0 fully saturated rings. The van der Waals surface area contributed by atoms with E-state index in [2.05, 4.69) is 0 Å². The Morgan fingerprint density at radius 1 is 1.44 bits per heavy atom. The molecular weight excluding hydrogens is 139 g/mol. The zero-order chi connectivity index (χ0) is 7.11. The topological polar surface area (TPSA) is 35.5 Å². The Labute approximate surface area is 56.2 Å². The summed E-state index contributed by atoms with van der Waals surface area (Å²) in [6.45, 7) is 5.16. The van der Waals surface area contributed by atoms with Gasteiger partial charge in [0.15, 0.2) is 8.03 Å². The molecule has 56 valence electrons. The minimum atomic E-state index is -1.75. The van der Waals surface area contributed by atoms with Gasteiger partial charge in [-0.05, 0) is 6.92 Å². The van der Waals surface area contributed by atoms with Crippen molar-refractivity contribution in [1.29, 1.82) is 0 Å². The molecule has 0 spiro atoms. The molecule has 0 aliphatic rings. The molecule has 0 aromatic heterocycles. The van der Waals surface area contributed by atoms with Crippen LogP contribution in [0.1, 0.15) is 6.92 Å². The number of hydrogen-bond donors (Lipinski definition) is 0. The predicted molar refractivity (Wildman–Crippen MR) is 37.4 cm³/mol. The fraction of sp³-hybridized carbons (Fsp3) is 1.00. The molecule has 1 unspecified atom stereocenters. The molecule has 9 heavy (non-hydrogen) atoms. The molecule has 1 atom stereocenters. The van der Waals surface area contributed by atoms with Gasteiger partial charge >= 0.3 is 0 Å². The zero-order valence-electron chi connectivity index (χ0n) is 5.85. The van der Waals surface area contributed by atoms with Crippen molar-refractivity contribution < 1.29 is 13.8 Å². The third kappa shape index (κ3) is 8.15. The Kier molecular flexibility index (Phi) is 6.38. The summed E-state index contributed by atoms with van der Waals surface area (Å²) >= 11 is 0. The Balaban J connectivity index is 2.83. The normalized spacial score (nSPS) is 13.6. The highest BCUT2D eigenvalue weighted by Crippen LogP contribution is 2.13. The second-order valence-electron chi connectivity index (χ2n) is 1.54. The second kappa shape index (κ2) is 6.27. The van der Waals surface area contributed by atoms with Gasteiger partial charge in [-0.25, -0.2) is 0 Å². The lowest BCUT2D eigenvalue weighted by molar-refractivity contribution is 0.113. The van der Waals surface area contributed by atoms with E-state index in [1.54, 1.807) is 6.66 Å². The third-order valence-corrected chi connectivity index (χ3v) is 1.35. The first-order chi connectivity index (χ1) is 4.27. The van der Waals surface area contributed by atoms with Crippen LogP contribution in [0.4, 0.5) is 0 Å². The SMILES string of the molecule is CCOCCO[PH](C)=O. The van der Waals surface area contributed by atoms with Crippen molar-refractivity contribution in [3.05, 3.63) is 0 Å². The predicted octanol–water partition coefficient (Wildman–Crippen LogP) is 1.14. The smallest absolute Gasteiger partial charge is 0.188 e. The van der Waals surface area contributed by atoms with Gasteiger partial charge in [-0.15, -0.1) is 0 Å². The summed E-state index contributed by atoms with van der Waals surface area (Å²) in [5, 5.41) is 0. The van der Waals surface area contributed by atoms with Crippen LogP contribution in [0, 0.1) is 0 Å². The lowest BCUT2D eigenvalue weighted by Crippen LogP contribution is -1.99. The van der Waals surface area contributed by atoms with E-state index < -0.39 is 8.03 Å². The quantitative estimate of drug-likeness (QED) is 0.437. The van der Waals surface area contributed by atoms with Crippen molar-refractivity contribution in [3.63, 3.8) is 0 Å². The number of ether oxygens (including phenoxy) is 1. The maximum Gasteiger partial charge on any atom is 0.188 e. The Hall–Kier alpha value is 0.150. The van der Waals surface area contributed by atoms with Crippen LogP contribution in [0.25, 0.3) is 0 Å². The lowest BCUT2D eigenvalue weighted by atomic mass is 10.8. The van der Waals surface area contributed by atoms with Crippen molar-refractivity contribution in [2.24, 2.45) is 0 Å². The Bertz CT molecular complexity index is 84.3. The first-order valence-corrected chi connectivity index (χ1v) is 4.80. The summed E-state index contributed by atoms with van der Waals surface area (Å²) < 4.78 is 20.0. The van der Waals surface area contributed by atoms with Gasteiger partial charge < -0.3 is 9.26 Å². The summed E-state index contributed by atoms with van der Waals surface area (Å²) in [5.41, 5.74) is 0. The van der Waals surface area contributed by atoms with E-state index in [1.165, 1.54) is 0 Å². The largest absolute Gasteiger partial charge is 0.379 e. The van der Waals surface area contributed by atoms with E-state index >= 15 is 0 Å². The van der Waals surface area contributed by atoms with Crippen LogP contribution in [0.2, 0.25) is 0 Å². The van der Waals surface area contributed by atoms with Crippen LogP contribution in [-0.4, -0.2) is 26.5 Å². The van der Waals surface area contributed by atoms with Crippen molar-refractivity contribution >= 4 is 8.03 Å². The molecule has 0 aliphatic carbocycles. The maximum atomic E-state index is 10.3. The van der Waals surface area contributed by atoms with E-state index in [4.69, 9.17) is 9.26 Å². The highest BCUT2D eigenvalue weighted by atomic mass is 31.1. The van der Waals surface area contributed by atoms with Crippen molar-refractivity contribution in [1.82, 2.24) is 0 Å². The molecule has 0 heterocycles. The molecule has 0 aliphatic heterocycles. The fourth-order valence-electron chi connectivity index (χ4n) is 0.389. The molecule has 0 N–H and O–H groups in total. The molecule has 0 aromatic rings. The molecule has 0 saturated carbocycles. The fourth-order valence-corrected chi connectivity index (χ4v) is 0.759. The summed E-state index contributed by atoms with van der Waals surface area (Å²) in [5.74, 6) is 0. The van der Waals surface area contributed by atoms with Crippen LogP contribution in [0.5, 0.6) is 0 Å². The molecule has 4 heteroatoms. The molecule has 0 amide bonds. The summed E-state index contributed by atoms with van der Waals surface area (Å²) in [4.78, 5) is 0. The van der Waals surface area contributed by atoms with Crippen LogP contribution in [0.3, 0.4) is 0 Å². The minimum absolute atomic E-state index is 0.447. The van der Waals surface area contributed by atoms with Gasteiger partial charge in [0, 0.05) is 13.3 Å². The van der Waals surface area contributed by atoms with Crippen LogP contribution >= 0.6 is 8.03 Å². The van der Waals surface area contributed by atoms with Gasteiger partial charge in [0.05, 0.1) is 13.2 Å². The monoisotopic (exact) mass is 152 g/mol. The third-order valence-electron chi connectivity index (χ3n) is 0.737. The van der Waals surface area contributed by atoms with Crippen molar-refractivity contribution in [3.8, 4) is 0 Å². The van der Waals surface area contributed by atoms with E-state index in [0.29, 0.717) is 19.8 Å². The standard InChI is InChI=1S/C5H13O3P/c1-3-7-4-5-8-9(2)6/h9H,3-5H2,1-2H3. The van der Waals surface area contributed by atoms with E-state index in [1.807, 2.05) is 6.92 Å². The summed E-state index contributed by atoms with van der Waals surface area (Å²) in [6.07, 6.45) is 0. The molecule has 0 bridgehead atoms. The number of hydrogen-bond acceptors (Lipinski definition) is 3. The average Bonchev–Trinajstić information content (AvgIpc) is 1.80. The first-order valence-electron chi connectivity index (χ1n) is 2.98. The van der Waals surface area contributed by atoms with E-state index in [9.17, 15) is 4.57 Å². The summed E-state index contributed by atoms with van der Waals surface area (Å²) in [7, 11) is -1.75. The van der Waals surface area contributed by atoms with Gasteiger partial charge in [0.1, 0.15) is 0 Å². The van der Waals surface area contributed by atoms with Crippen molar-refractivity contribution in [2.45, 2.75) is 6.92 Å². The molecule has 3 nitrogen and oxygen atoms in total. The minimum Gasteiger partial charge on any atom is -0.379 e. The molecular formula is C5H13O3P. The van der Waals surface area contributed by atoms with Crippen LogP contribution in [0.15, 0.2) is 0 Å². The molecule has 0 radical (unpaired) electrons. The van der Waals surface area contributed by atoms with Gasteiger partial charge in [-0.3, -0.25) is 4.57 Å². The second-order valence-corrected chi connectivity index (χ2v) is 2.81. The van der Waals surface area contributed by atoms with Gasteiger partial charge in [0.25, 0.3) is 0 Å². The molecule has 0 aromatic carbocycles. The maximum absolute atomic E-state index is 10.3. The van der Waals surface area contributed by atoms with Crippen molar-refractivity contribution in [2.75, 3.05) is 26.5 Å². The summed E-state index contributed by atoms with van der Waals surface area (Å²) in [6, 6.07) is 0. The zero-order valence-corrected chi connectivity index (χ0v) is 6.85. The Morgan fingerprint density at radius 3 is 2.56 bits per heavy atom. The average molecular weight is 152 g/mol. The number of rotatable bonds is 5. The van der Waals surface area contributed by atoms with Gasteiger partial charge in [-0.1, -0.05) is 0 Å². The van der Waals surface area contributed by atoms with Gasteiger partial charge in [-0.2, -0.15) is 0 Å². The van der Waals surface area contributed by atoms with Crippen LogP contribution in [-0.2, 0) is 13.8 Å². The van der Waals surface area contributed by atoms with Gasteiger partial charge in [0.2, 0.25) is 0 Å². The highest BCUT2D eigenvalue weighted by molar-refractivity contribution is 7.38. The van der Waals surface area contributed by atoms with Crippen LogP contribution < -0.4 is 0 Å². The highest BCUT2D eigenvalue weighted by Gasteiger charge is 1.88. The molecule has 0 rings (SSSR count). The molecule has 0 saturated heterocycles. The lowest BCUT2D eigenvalue weighted by Gasteiger charge is -1.99. The van der Waals surface area contributed by atoms with E-state index in [0.717, 1.165) is 0 Å². The first kappa shape index (κ1) is 9.15. The Morgan fingerprint density at radius 2 is 2.11 bits per heavy atom.